The van der Waals surface area contributed by atoms with Gasteiger partial charge in [-0.15, -0.1) is 0 Å². The zero-order valence-electron chi connectivity index (χ0n) is 16.6. The first-order valence-electron chi connectivity index (χ1n) is 10.3. The molecule has 0 radical (unpaired) electrons. The quantitative estimate of drug-likeness (QED) is 0.738. The summed E-state index contributed by atoms with van der Waals surface area (Å²) < 4.78 is 13.3. The monoisotopic (exact) mass is 391 g/mol. The predicted octanol–water partition coefficient (Wildman–Crippen LogP) is 3.80. The highest BCUT2D eigenvalue weighted by Crippen LogP contribution is 2.34. The molecule has 2 atom stereocenters. The van der Waals surface area contributed by atoms with Crippen LogP contribution in [0.25, 0.3) is 11.0 Å². The molecule has 0 saturated heterocycles. The van der Waals surface area contributed by atoms with E-state index in [1.807, 2.05) is 18.2 Å². The standard InChI is InChI=1S/C23H25N3O3/c1-26-19-8-3-2-7-18(19)25-22(26)15-5-4-6-17(13-15)24-23(27)16-9-10-20-21(14-16)29-12-11-28-20/h2-3,7-10,14-15,17H,4-6,11-13H2,1H3,(H,24,27)/t15?,17-/m0/s1. The average Bonchev–Trinajstić information content (AvgIpc) is 3.10. The Kier molecular flexibility index (Phi) is 4.62. The van der Waals surface area contributed by atoms with E-state index in [-0.39, 0.29) is 11.9 Å². The number of nitrogens with zero attached hydrogens (tertiary/aromatic N) is 2. The van der Waals surface area contributed by atoms with E-state index >= 15 is 0 Å². The first kappa shape index (κ1) is 18.0. The molecule has 1 aliphatic heterocycles. The molecule has 150 valence electrons. The summed E-state index contributed by atoms with van der Waals surface area (Å²) in [6.07, 6.45) is 4.09. The second-order valence-electron chi connectivity index (χ2n) is 7.91. The maximum Gasteiger partial charge on any atom is 0.251 e. The van der Waals surface area contributed by atoms with Gasteiger partial charge in [0.1, 0.15) is 19.0 Å². The van der Waals surface area contributed by atoms with Gasteiger partial charge in [-0.3, -0.25) is 4.79 Å². The minimum absolute atomic E-state index is 0.0578. The number of carbonyl (C=O) groups excluding carboxylic acids is 1. The lowest BCUT2D eigenvalue weighted by Crippen LogP contribution is -2.38. The molecule has 1 saturated carbocycles. The summed E-state index contributed by atoms with van der Waals surface area (Å²) in [5.74, 6) is 2.76. The lowest BCUT2D eigenvalue weighted by Gasteiger charge is -2.29. The Hall–Kier alpha value is -3.02. The number of hydrogen-bond acceptors (Lipinski definition) is 4. The molecular formula is C23H25N3O3. The number of hydrogen-bond donors (Lipinski definition) is 1. The number of aryl methyl sites for hydroxylation is 1. The van der Waals surface area contributed by atoms with Gasteiger partial charge in [-0.1, -0.05) is 18.6 Å². The van der Waals surface area contributed by atoms with Crippen LogP contribution in [0.2, 0.25) is 0 Å². The molecule has 6 nitrogen and oxygen atoms in total. The number of benzene rings is 2. The third-order valence-corrected chi connectivity index (χ3v) is 6.00. The van der Waals surface area contributed by atoms with E-state index in [0.29, 0.717) is 36.2 Å². The van der Waals surface area contributed by atoms with Gasteiger partial charge in [-0.2, -0.15) is 0 Å². The van der Waals surface area contributed by atoms with Gasteiger partial charge >= 0.3 is 0 Å². The van der Waals surface area contributed by atoms with E-state index in [0.717, 1.165) is 42.5 Å². The SMILES string of the molecule is Cn1c(C2CCC[C@H](NC(=O)c3ccc4c(c3)OCCO4)C2)nc2ccccc21. The smallest absolute Gasteiger partial charge is 0.251 e. The number of nitrogens with one attached hydrogen (secondary N) is 1. The van der Waals surface area contributed by atoms with Gasteiger partial charge in [0.15, 0.2) is 11.5 Å². The van der Waals surface area contributed by atoms with Crippen LogP contribution >= 0.6 is 0 Å². The largest absolute Gasteiger partial charge is 0.486 e. The molecule has 3 aromatic rings. The lowest BCUT2D eigenvalue weighted by molar-refractivity contribution is 0.0923. The van der Waals surface area contributed by atoms with Gasteiger partial charge < -0.3 is 19.4 Å². The van der Waals surface area contributed by atoms with E-state index in [1.165, 1.54) is 0 Å². The van der Waals surface area contributed by atoms with Crippen molar-refractivity contribution in [1.82, 2.24) is 14.9 Å². The van der Waals surface area contributed by atoms with Crippen LogP contribution in [0.1, 0.15) is 47.8 Å². The summed E-state index contributed by atoms with van der Waals surface area (Å²) in [6, 6.07) is 13.8. The van der Waals surface area contributed by atoms with Crippen molar-refractivity contribution in [3.05, 3.63) is 53.9 Å². The maximum absolute atomic E-state index is 12.8. The van der Waals surface area contributed by atoms with Crippen molar-refractivity contribution in [2.75, 3.05) is 13.2 Å². The van der Waals surface area contributed by atoms with Crippen LogP contribution in [0.3, 0.4) is 0 Å². The third-order valence-electron chi connectivity index (χ3n) is 6.00. The van der Waals surface area contributed by atoms with Crippen molar-refractivity contribution < 1.29 is 14.3 Å². The zero-order chi connectivity index (χ0) is 19.8. The van der Waals surface area contributed by atoms with Crippen LogP contribution < -0.4 is 14.8 Å². The van der Waals surface area contributed by atoms with Gasteiger partial charge in [0.2, 0.25) is 0 Å². The molecule has 29 heavy (non-hydrogen) atoms. The molecule has 2 aliphatic rings. The van der Waals surface area contributed by atoms with Crippen molar-refractivity contribution in [2.24, 2.45) is 7.05 Å². The fourth-order valence-electron chi connectivity index (χ4n) is 4.54. The minimum Gasteiger partial charge on any atom is -0.486 e. The molecule has 1 unspecified atom stereocenters. The molecule has 5 rings (SSSR count). The number of rotatable bonds is 3. The maximum atomic E-state index is 12.8. The molecule has 1 N–H and O–H groups in total. The second kappa shape index (κ2) is 7.43. The third kappa shape index (κ3) is 3.43. The highest BCUT2D eigenvalue weighted by molar-refractivity contribution is 5.95. The first-order chi connectivity index (χ1) is 14.2. The van der Waals surface area contributed by atoms with Crippen LogP contribution in [0.4, 0.5) is 0 Å². The van der Waals surface area contributed by atoms with Crippen LogP contribution in [-0.2, 0) is 7.05 Å². The molecule has 2 heterocycles. The van der Waals surface area contributed by atoms with Gasteiger partial charge in [0, 0.05) is 24.6 Å². The summed E-state index contributed by atoms with van der Waals surface area (Å²) >= 11 is 0. The van der Waals surface area contributed by atoms with E-state index in [4.69, 9.17) is 14.5 Å². The number of fused-ring (bicyclic) bond motifs is 2. The van der Waals surface area contributed by atoms with Crippen molar-refractivity contribution in [1.29, 1.82) is 0 Å². The molecule has 1 fully saturated rings. The molecule has 6 heteroatoms. The second-order valence-corrected chi connectivity index (χ2v) is 7.91. The Morgan fingerprint density at radius 2 is 1.93 bits per heavy atom. The number of aromatic nitrogens is 2. The highest BCUT2D eigenvalue weighted by atomic mass is 16.6. The molecular weight excluding hydrogens is 366 g/mol. The van der Waals surface area contributed by atoms with Gasteiger partial charge in [0.05, 0.1) is 11.0 Å². The summed E-state index contributed by atoms with van der Waals surface area (Å²) in [7, 11) is 2.09. The van der Waals surface area contributed by atoms with E-state index in [2.05, 4.69) is 29.1 Å². The van der Waals surface area contributed by atoms with Gasteiger partial charge in [-0.25, -0.2) is 4.98 Å². The molecule has 0 spiro atoms. The molecule has 2 aromatic carbocycles. The summed E-state index contributed by atoms with van der Waals surface area (Å²) in [6.45, 7) is 1.06. The fraction of sp³-hybridized carbons (Fsp3) is 0.391. The first-order valence-corrected chi connectivity index (χ1v) is 10.3. The number of imidazole rings is 1. The van der Waals surface area contributed by atoms with E-state index in [9.17, 15) is 4.79 Å². The van der Waals surface area contributed by atoms with Crippen LogP contribution in [0.15, 0.2) is 42.5 Å². The van der Waals surface area contributed by atoms with Crippen LogP contribution in [0, 0.1) is 0 Å². The van der Waals surface area contributed by atoms with E-state index < -0.39 is 0 Å². The number of carbonyl (C=O) groups is 1. The summed E-state index contributed by atoms with van der Waals surface area (Å²) in [5.41, 5.74) is 2.80. The summed E-state index contributed by atoms with van der Waals surface area (Å²) in [5, 5.41) is 3.22. The van der Waals surface area contributed by atoms with Crippen molar-refractivity contribution in [2.45, 2.75) is 37.6 Å². The fourth-order valence-corrected chi connectivity index (χ4v) is 4.54. The molecule has 1 aromatic heterocycles. The van der Waals surface area contributed by atoms with Gasteiger partial charge in [-0.05, 0) is 49.6 Å². The number of para-hydroxylation sites is 2. The molecule has 1 amide bonds. The van der Waals surface area contributed by atoms with Crippen molar-refractivity contribution in [3.63, 3.8) is 0 Å². The minimum atomic E-state index is -0.0578. The van der Waals surface area contributed by atoms with E-state index in [1.54, 1.807) is 12.1 Å². The molecule has 1 aliphatic carbocycles. The Morgan fingerprint density at radius 1 is 1.10 bits per heavy atom. The Balaban J connectivity index is 1.30. The van der Waals surface area contributed by atoms with Crippen LogP contribution in [0.5, 0.6) is 11.5 Å². The zero-order valence-corrected chi connectivity index (χ0v) is 16.6. The summed E-state index contributed by atoms with van der Waals surface area (Å²) in [4.78, 5) is 17.7. The Bertz CT molecular complexity index is 1060. The van der Waals surface area contributed by atoms with Crippen molar-refractivity contribution in [3.8, 4) is 11.5 Å². The normalized spacial score (nSPS) is 21.1. The lowest BCUT2D eigenvalue weighted by atomic mass is 9.85. The predicted molar refractivity (Wildman–Crippen MR) is 111 cm³/mol. The molecule has 0 bridgehead atoms. The number of ether oxygens (including phenoxy) is 2. The Morgan fingerprint density at radius 3 is 2.79 bits per heavy atom. The highest BCUT2D eigenvalue weighted by Gasteiger charge is 2.28. The number of amides is 1. The topological polar surface area (TPSA) is 65.4 Å². The Labute approximate surface area is 169 Å². The van der Waals surface area contributed by atoms with Crippen molar-refractivity contribution >= 4 is 16.9 Å². The van der Waals surface area contributed by atoms with Crippen LogP contribution in [-0.4, -0.2) is 34.7 Å². The van der Waals surface area contributed by atoms with Gasteiger partial charge in [0.25, 0.3) is 5.91 Å². The average molecular weight is 391 g/mol.